The van der Waals surface area contributed by atoms with E-state index < -0.39 is 23.9 Å². The van der Waals surface area contributed by atoms with Crippen molar-refractivity contribution < 1.29 is 38.1 Å². The van der Waals surface area contributed by atoms with E-state index >= 15 is 0 Å². The summed E-state index contributed by atoms with van der Waals surface area (Å²) in [5.74, 6) is -2.52. The summed E-state index contributed by atoms with van der Waals surface area (Å²) in [6.07, 6.45) is 1.63. The first kappa shape index (κ1) is 19.6. The third-order valence-corrected chi connectivity index (χ3v) is 2.07. The van der Waals surface area contributed by atoms with Gasteiger partial charge in [-0.05, 0) is 13.8 Å². The molecule has 0 bridgehead atoms. The minimum absolute atomic E-state index is 0.0581. The predicted molar refractivity (Wildman–Crippen MR) is 73.6 cm³/mol. The van der Waals surface area contributed by atoms with Crippen LogP contribution in [0.3, 0.4) is 0 Å². The van der Waals surface area contributed by atoms with Crippen LogP contribution in [-0.2, 0) is 38.1 Å². The number of carbonyl (C=O) groups is 4. The van der Waals surface area contributed by atoms with Crippen molar-refractivity contribution in [3.05, 3.63) is 12.2 Å². The number of hydrogen-bond acceptors (Lipinski definition) is 8. The molecule has 0 unspecified atom stereocenters. The van der Waals surface area contributed by atoms with Gasteiger partial charge in [0.2, 0.25) is 0 Å². The van der Waals surface area contributed by atoms with Crippen LogP contribution in [0, 0.1) is 0 Å². The first-order valence-corrected chi connectivity index (χ1v) is 6.82. The molecular formula is C14H20O8. The van der Waals surface area contributed by atoms with Crippen molar-refractivity contribution in [3.8, 4) is 0 Å². The Morgan fingerprint density at radius 1 is 0.682 bits per heavy atom. The van der Waals surface area contributed by atoms with Crippen LogP contribution in [-0.4, -0.2) is 50.3 Å². The fraction of sp³-hybridized carbons (Fsp3) is 0.571. The Balaban J connectivity index is 3.80. The van der Waals surface area contributed by atoms with Gasteiger partial charge in [0.15, 0.2) is 0 Å². The van der Waals surface area contributed by atoms with Crippen LogP contribution < -0.4 is 0 Å². The van der Waals surface area contributed by atoms with Gasteiger partial charge in [0, 0.05) is 12.2 Å². The summed E-state index contributed by atoms with van der Waals surface area (Å²) in [6, 6.07) is 0. The first-order chi connectivity index (χ1) is 10.5. The molecular weight excluding hydrogens is 296 g/mol. The molecule has 0 atom stereocenters. The molecule has 0 amide bonds. The zero-order valence-corrected chi connectivity index (χ0v) is 12.7. The van der Waals surface area contributed by atoms with Crippen molar-refractivity contribution in [3.63, 3.8) is 0 Å². The first-order valence-electron chi connectivity index (χ1n) is 6.82. The summed E-state index contributed by atoms with van der Waals surface area (Å²) in [6.45, 7) is 3.56. The normalized spacial score (nSPS) is 10.1. The Morgan fingerprint density at radius 2 is 1.05 bits per heavy atom. The highest BCUT2D eigenvalue weighted by atomic mass is 16.6. The number of rotatable bonds is 10. The van der Waals surface area contributed by atoms with Crippen molar-refractivity contribution in [2.75, 3.05) is 26.4 Å². The molecule has 0 aliphatic rings. The fourth-order valence-electron chi connectivity index (χ4n) is 1.17. The monoisotopic (exact) mass is 316 g/mol. The highest BCUT2D eigenvalue weighted by molar-refractivity contribution is 5.91. The average molecular weight is 316 g/mol. The molecule has 0 aliphatic heterocycles. The second-order valence-corrected chi connectivity index (χ2v) is 3.78. The highest BCUT2D eigenvalue weighted by Crippen LogP contribution is 1.92. The van der Waals surface area contributed by atoms with Gasteiger partial charge in [-0.25, -0.2) is 9.59 Å². The van der Waals surface area contributed by atoms with E-state index in [9.17, 15) is 19.2 Å². The Kier molecular flexibility index (Phi) is 11.0. The van der Waals surface area contributed by atoms with E-state index in [0.717, 1.165) is 12.2 Å². The van der Waals surface area contributed by atoms with Crippen LogP contribution in [0.25, 0.3) is 0 Å². The topological polar surface area (TPSA) is 105 Å². The van der Waals surface area contributed by atoms with E-state index in [-0.39, 0.29) is 39.3 Å². The smallest absolute Gasteiger partial charge is 0.331 e. The quantitative estimate of drug-likeness (QED) is 0.326. The molecule has 0 aromatic rings. The lowest BCUT2D eigenvalue weighted by Gasteiger charge is -2.03. The number of esters is 4. The third-order valence-electron chi connectivity index (χ3n) is 2.07. The lowest BCUT2D eigenvalue weighted by atomic mass is 10.4. The van der Waals surface area contributed by atoms with E-state index in [1.54, 1.807) is 13.8 Å². The maximum Gasteiger partial charge on any atom is 0.331 e. The van der Waals surface area contributed by atoms with E-state index in [1.807, 2.05) is 0 Å². The van der Waals surface area contributed by atoms with Gasteiger partial charge in [-0.15, -0.1) is 0 Å². The zero-order valence-electron chi connectivity index (χ0n) is 12.7. The van der Waals surface area contributed by atoms with Gasteiger partial charge in [0.25, 0.3) is 0 Å². The standard InChI is InChI=1S/C14H20O8/c1-3-19-13(17)7-9-21-11(15)5-6-12(16)22-10-8-14(18)20-4-2/h5-6H,3-4,7-10H2,1-2H3. The number of hydrogen-bond donors (Lipinski definition) is 0. The molecule has 0 saturated carbocycles. The Bertz CT molecular complexity index is 375. The summed E-state index contributed by atoms with van der Waals surface area (Å²) in [5.41, 5.74) is 0. The molecule has 0 heterocycles. The van der Waals surface area contributed by atoms with Gasteiger partial charge < -0.3 is 18.9 Å². The minimum Gasteiger partial charge on any atom is -0.466 e. The van der Waals surface area contributed by atoms with Gasteiger partial charge in [-0.1, -0.05) is 0 Å². The van der Waals surface area contributed by atoms with Crippen LogP contribution >= 0.6 is 0 Å². The highest BCUT2D eigenvalue weighted by Gasteiger charge is 2.06. The van der Waals surface area contributed by atoms with Crippen molar-refractivity contribution >= 4 is 23.9 Å². The van der Waals surface area contributed by atoms with Crippen LogP contribution in [0.5, 0.6) is 0 Å². The van der Waals surface area contributed by atoms with Crippen molar-refractivity contribution in [2.24, 2.45) is 0 Å². The SMILES string of the molecule is CCOC(=O)CCOC(=O)C=CC(=O)OCCC(=O)OCC. The van der Waals surface area contributed by atoms with Gasteiger partial charge in [-0.3, -0.25) is 9.59 Å². The Morgan fingerprint density at radius 3 is 1.36 bits per heavy atom. The summed E-state index contributed by atoms with van der Waals surface area (Å²) in [7, 11) is 0. The van der Waals surface area contributed by atoms with Crippen LogP contribution in [0.1, 0.15) is 26.7 Å². The maximum absolute atomic E-state index is 11.2. The lowest BCUT2D eigenvalue weighted by Crippen LogP contribution is -2.12. The van der Waals surface area contributed by atoms with E-state index in [2.05, 4.69) is 18.9 Å². The molecule has 0 spiro atoms. The summed E-state index contributed by atoms with van der Waals surface area (Å²) in [5, 5.41) is 0. The average Bonchev–Trinajstić information content (AvgIpc) is 2.45. The van der Waals surface area contributed by atoms with Gasteiger partial charge in [-0.2, -0.15) is 0 Å². The van der Waals surface area contributed by atoms with Gasteiger partial charge in [0.1, 0.15) is 13.2 Å². The second-order valence-electron chi connectivity index (χ2n) is 3.78. The molecule has 0 aliphatic carbocycles. The molecule has 0 N–H and O–H groups in total. The predicted octanol–water partition coefficient (Wildman–Crippen LogP) is 0.535. The summed E-state index contributed by atoms with van der Waals surface area (Å²) >= 11 is 0. The Hall–Kier alpha value is -2.38. The van der Waals surface area contributed by atoms with Crippen LogP contribution in [0.2, 0.25) is 0 Å². The van der Waals surface area contributed by atoms with Crippen molar-refractivity contribution in [2.45, 2.75) is 26.7 Å². The molecule has 0 saturated heterocycles. The molecule has 124 valence electrons. The molecule has 22 heavy (non-hydrogen) atoms. The molecule has 0 radical (unpaired) electrons. The molecule has 8 nitrogen and oxygen atoms in total. The Labute approximate surface area is 128 Å². The zero-order chi connectivity index (χ0) is 16.8. The molecule has 0 aromatic carbocycles. The second kappa shape index (κ2) is 12.4. The van der Waals surface area contributed by atoms with Gasteiger partial charge >= 0.3 is 23.9 Å². The summed E-state index contributed by atoms with van der Waals surface area (Å²) in [4.78, 5) is 44.4. The molecule has 0 rings (SSSR count). The number of ether oxygens (including phenoxy) is 4. The maximum atomic E-state index is 11.2. The van der Waals surface area contributed by atoms with Gasteiger partial charge in [0.05, 0.1) is 26.1 Å². The lowest BCUT2D eigenvalue weighted by molar-refractivity contribution is -0.149. The molecule has 0 fully saturated rings. The third kappa shape index (κ3) is 11.4. The van der Waals surface area contributed by atoms with Crippen LogP contribution in [0.15, 0.2) is 12.2 Å². The fourth-order valence-corrected chi connectivity index (χ4v) is 1.17. The van der Waals surface area contributed by atoms with E-state index in [4.69, 9.17) is 0 Å². The molecule has 0 aromatic heterocycles. The minimum atomic E-state index is -0.786. The van der Waals surface area contributed by atoms with Crippen molar-refractivity contribution in [1.29, 1.82) is 0 Å². The molecule has 8 heteroatoms. The number of carbonyl (C=O) groups excluding carboxylic acids is 4. The van der Waals surface area contributed by atoms with E-state index in [1.165, 1.54) is 0 Å². The van der Waals surface area contributed by atoms with Crippen molar-refractivity contribution in [1.82, 2.24) is 0 Å². The largest absolute Gasteiger partial charge is 0.466 e. The summed E-state index contributed by atoms with van der Waals surface area (Å²) < 4.78 is 18.6. The van der Waals surface area contributed by atoms with E-state index in [0.29, 0.717) is 0 Å². The van der Waals surface area contributed by atoms with Crippen LogP contribution in [0.4, 0.5) is 0 Å².